The molecule has 2 aliphatic heterocycles. The molecular weight excluding hydrogens is 316 g/mol. The summed E-state index contributed by atoms with van der Waals surface area (Å²) in [6.45, 7) is 10.4. The number of nitrogens with zero attached hydrogens (tertiary/aromatic N) is 4. The van der Waals surface area contributed by atoms with Crippen LogP contribution in [0.15, 0.2) is 0 Å². The van der Waals surface area contributed by atoms with Gasteiger partial charge >= 0.3 is 0 Å². The molecule has 2 N–H and O–H groups in total. The molecular formula is C18H32N6O. The maximum Gasteiger partial charge on any atom is 0.273 e. The second-order valence-corrected chi connectivity index (χ2v) is 7.44. The fourth-order valence-electron chi connectivity index (χ4n) is 4.00. The van der Waals surface area contributed by atoms with Gasteiger partial charge in [0.15, 0.2) is 5.69 Å². The Balaban J connectivity index is 1.49. The van der Waals surface area contributed by atoms with Gasteiger partial charge < -0.3 is 15.5 Å². The summed E-state index contributed by atoms with van der Waals surface area (Å²) >= 11 is 0. The molecule has 0 bridgehead atoms. The fourth-order valence-corrected chi connectivity index (χ4v) is 4.00. The molecule has 0 spiro atoms. The first-order valence-corrected chi connectivity index (χ1v) is 9.82. The number of carbonyl (C=O) groups is 1. The quantitative estimate of drug-likeness (QED) is 0.812. The maximum atomic E-state index is 12.5. The van der Waals surface area contributed by atoms with Crippen molar-refractivity contribution in [1.82, 2.24) is 30.5 Å². The van der Waals surface area contributed by atoms with Gasteiger partial charge in [-0.05, 0) is 77.7 Å². The van der Waals surface area contributed by atoms with E-state index in [2.05, 4.69) is 32.8 Å². The first kappa shape index (κ1) is 18.3. The molecule has 1 aromatic rings. The Morgan fingerprint density at radius 1 is 1.24 bits per heavy atom. The largest absolute Gasteiger partial charge is 0.350 e. The molecule has 3 rings (SSSR count). The molecule has 7 nitrogen and oxygen atoms in total. The third kappa shape index (κ3) is 4.58. The van der Waals surface area contributed by atoms with Gasteiger partial charge in [-0.15, -0.1) is 5.10 Å². The third-order valence-electron chi connectivity index (χ3n) is 5.60. The molecule has 0 aliphatic carbocycles. The summed E-state index contributed by atoms with van der Waals surface area (Å²) in [6.07, 6.45) is 5.64. The minimum Gasteiger partial charge on any atom is -0.350 e. The normalized spacial score (nSPS) is 20.7. The number of aromatic nitrogens is 3. The topological polar surface area (TPSA) is 75.1 Å². The number of nitrogens with one attached hydrogen (secondary N) is 2. The number of carbonyl (C=O) groups excluding carboxylic acids is 1. The first-order chi connectivity index (χ1) is 12.2. The highest BCUT2D eigenvalue weighted by atomic mass is 16.2. The van der Waals surface area contributed by atoms with Crippen LogP contribution in [0.4, 0.5) is 0 Å². The summed E-state index contributed by atoms with van der Waals surface area (Å²) in [5.41, 5.74) is 1.38. The SMILES string of the molecule is CCCN1CCC(CNC(=O)c2nnn(C3CCNCC3)c2C)CC1. The highest BCUT2D eigenvalue weighted by Gasteiger charge is 2.24. The van der Waals surface area contributed by atoms with Crippen LogP contribution < -0.4 is 10.6 Å². The van der Waals surface area contributed by atoms with Crippen LogP contribution >= 0.6 is 0 Å². The number of piperidine rings is 2. The van der Waals surface area contributed by atoms with Gasteiger partial charge in [-0.25, -0.2) is 4.68 Å². The second kappa shape index (κ2) is 8.76. The van der Waals surface area contributed by atoms with Gasteiger partial charge in [0.2, 0.25) is 0 Å². The molecule has 2 saturated heterocycles. The standard InChI is InChI=1S/C18H32N6O/c1-3-10-23-11-6-15(7-12-23)13-20-18(25)17-14(2)24(22-21-17)16-4-8-19-9-5-16/h15-16,19H,3-13H2,1-2H3,(H,20,25). The lowest BCUT2D eigenvalue weighted by Crippen LogP contribution is -2.39. The summed E-state index contributed by atoms with van der Waals surface area (Å²) in [5, 5.41) is 14.9. The lowest BCUT2D eigenvalue weighted by atomic mass is 9.96. The lowest BCUT2D eigenvalue weighted by molar-refractivity contribution is 0.0930. The highest BCUT2D eigenvalue weighted by Crippen LogP contribution is 2.20. The highest BCUT2D eigenvalue weighted by molar-refractivity contribution is 5.93. The average molecular weight is 348 g/mol. The van der Waals surface area contributed by atoms with Crippen LogP contribution in [0.5, 0.6) is 0 Å². The van der Waals surface area contributed by atoms with E-state index in [1.54, 1.807) is 0 Å². The summed E-state index contributed by atoms with van der Waals surface area (Å²) in [7, 11) is 0. The van der Waals surface area contributed by atoms with Crippen molar-refractivity contribution < 1.29 is 4.79 Å². The zero-order valence-electron chi connectivity index (χ0n) is 15.6. The second-order valence-electron chi connectivity index (χ2n) is 7.44. The zero-order valence-corrected chi connectivity index (χ0v) is 15.6. The van der Waals surface area contributed by atoms with Crippen molar-refractivity contribution in [3.8, 4) is 0 Å². The molecule has 2 aliphatic rings. The Morgan fingerprint density at radius 2 is 1.96 bits per heavy atom. The summed E-state index contributed by atoms with van der Waals surface area (Å²) in [4.78, 5) is 15.0. The van der Waals surface area contributed by atoms with Gasteiger partial charge in [0.05, 0.1) is 11.7 Å². The van der Waals surface area contributed by atoms with E-state index in [0.717, 1.165) is 51.3 Å². The Labute approximate surface area is 150 Å². The summed E-state index contributed by atoms with van der Waals surface area (Å²) in [5.74, 6) is 0.505. The van der Waals surface area contributed by atoms with Gasteiger partial charge in [0, 0.05) is 6.54 Å². The van der Waals surface area contributed by atoms with Crippen molar-refractivity contribution in [2.24, 2.45) is 5.92 Å². The van der Waals surface area contributed by atoms with Crippen LogP contribution in [0.3, 0.4) is 0 Å². The van der Waals surface area contributed by atoms with Crippen molar-refractivity contribution >= 4 is 5.91 Å². The van der Waals surface area contributed by atoms with E-state index in [1.165, 1.54) is 25.8 Å². The number of hydrogen-bond donors (Lipinski definition) is 2. The molecule has 0 atom stereocenters. The van der Waals surface area contributed by atoms with E-state index < -0.39 is 0 Å². The van der Waals surface area contributed by atoms with Crippen molar-refractivity contribution in [3.63, 3.8) is 0 Å². The van der Waals surface area contributed by atoms with E-state index >= 15 is 0 Å². The van der Waals surface area contributed by atoms with Crippen LogP contribution in [0.1, 0.15) is 61.3 Å². The minimum atomic E-state index is -0.0753. The van der Waals surface area contributed by atoms with Crippen LogP contribution in [0.2, 0.25) is 0 Å². The molecule has 0 aromatic carbocycles. The predicted octanol–water partition coefficient (Wildman–Crippen LogP) is 1.36. The van der Waals surface area contributed by atoms with Crippen LogP contribution in [-0.4, -0.2) is 65.1 Å². The minimum absolute atomic E-state index is 0.0753. The summed E-state index contributed by atoms with van der Waals surface area (Å²) in [6, 6.07) is 0.359. The molecule has 0 radical (unpaired) electrons. The van der Waals surface area contributed by atoms with Crippen molar-refractivity contribution in [3.05, 3.63) is 11.4 Å². The fraction of sp³-hybridized carbons (Fsp3) is 0.833. The average Bonchev–Trinajstić information content (AvgIpc) is 3.03. The Morgan fingerprint density at radius 3 is 2.64 bits per heavy atom. The van der Waals surface area contributed by atoms with Gasteiger partial charge in [-0.1, -0.05) is 12.1 Å². The smallest absolute Gasteiger partial charge is 0.273 e. The van der Waals surface area contributed by atoms with Crippen molar-refractivity contribution in [2.75, 3.05) is 39.3 Å². The number of likely N-dealkylation sites (tertiary alicyclic amines) is 1. The van der Waals surface area contributed by atoms with E-state index in [1.807, 2.05) is 11.6 Å². The number of amides is 1. The van der Waals surface area contributed by atoms with E-state index in [9.17, 15) is 4.79 Å². The predicted molar refractivity (Wildman–Crippen MR) is 97.7 cm³/mol. The molecule has 7 heteroatoms. The third-order valence-corrected chi connectivity index (χ3v) is 5.60. The number of rotatable bonds is 6. The van der Waals surface area contributed by atoms with Crippen molar-refractivity contribution in [2.45, 2.75) is 52.0 Å². The van der Waals surface area contributed by atoms with Crippen LogP contribution in [-0.2, 0) is 0 Å². The molecule has 140 valence electrons. The Bertz CT molecular complexity index is 558. The number of hydrogen-bond acceptors (Lipinski definition) is 5. The lowest BCUT2D eigenvalue weighted by Gasteiger charge is -2.31. The first-order valence-electron chi connectivity index (χ1n) is 9.82. The molecule has 3 heterocycles. The van der Waals surface area contributed by atoms with Gasteiger partial charge in [0.25, 0.3) is 5.91 Å². The van der Waals surface area contributed by atoms with Crippen LogP contribution in [0.25, 0.3) is 0 Å². The van der Waals surface area contributed by atoms with Gasteiger partial charge in [0.1, 0.15) is 0 Å². The summed E-state index contributed by atoms with van der Waals surface area (Å²) < 4.78 is 1.94. The Hall–Kier alpha value is -1.47. The molecule has 0 unspecified atom stereocenters. The maximum absolute atomic E-state index is 12.5. The van der Waals surface area contributed by atoms with E-state index in [4.69, 9.17) is 0 Å². The molecule has 1 aromatic heterocycles. The molecule has 1 amide bonds. The van der Waals surface area contributed by atoms with E-state index in [-0.39, 0.29) is 5.91 Å². The monoisotopic (exact) mass is 348 g/mol. The molecule has 0 saturated carbocycles. The molecule has 25 heavy (non-hydrogen) atoms. The van der Waals surface area contributed by atoms with Crippen molar-refractivity contribution in [1.29, 1.82) is 0 Å². The Kier molecular flexibility index (Phi) is 6.42. The van der Waals surface area contributed by atoms with Gasteiger partial charge in [-0.2, -0.15) is 0 Å². The van der Waals surface area contributed by atoms with E-state index in [0.29, 0.717) is 17.7 Å². The molecule has 2 fully saturated rings. The zero-order chi connectivity index (χ0) is 17.6. The van der Waals surface area contributed by atoms with Crippen LogP contribution in [0, 0.1) is 12.8 Å². The van der Waals surface area contributed by atoms with Gasteiger partial charge in [-0.3, -0.25) is 4.79 Å².